The standard InChI is InChI=1S/C12H18N2O5S/c1-18-9-4-5-11(19-2)10(8-9)12(15)14-6-3-7-20(13,16)17/h4-5,8H,3,6-7H2,1-2H3,(H,14,15)(H2,13,16,17). The zero-order valence-electron chi connectivity index (χ0n) is 11.4. The van der Waals surface area contributed by atoms with Crippen LogP contribution in [0, 0.1) is 0 Å². The minimum Gasteiger partial charge on any atom is -0.497 e. The van der Waals surface area contributed by atoms with E-state index in [0.29, 0.717) is 17.1 Å². The van der Waals surface area contributed by atoms with Gasteiger partial charge in [0.25, 0.3) is 5.91 Å². The van der Waals surface area contributed by atoms with E-state index in [9.17, 15) is 13.2 Å². The highest BCUT2D eigenvalue weighted by molar-refractivity contribution is 7.89. The van der Waals surface area contributed by atoms with E-state index in [1.54, 1.807) is 18.2 Å². The van der Waals surface area contributed by atoms with Crippen LogP contribution >= 0.6 is 0 Å². The summed E-state index contributed by atoms with van der Waals surface area (Å²) in [6.07, 6.45) is 0.247. The average Bonchev–Trinajstić information content (AvgIpc) is 2.41. The number of benzene rings is 1. The fourth-order valence-electron chi connectivity index (χ4n) is 1.56. The molecule has 0 saturated carbocycles. The minimum absolute atomic E-state index is 0.178. The molecule has 1 aromatic carbocycles. The van der Waals surface area contributed by atoms with Crippen LogP contribution in [0.15, 0.2) is 18.2 Å². The fourth-order valence-corrected chi connectivity index (χ4v) is 2.11. The van der Waals surface area contributed by atoms with E-state index in [1.165, 1.54) is 14.2 Å². The molecule has 1 rings (SSSR count). The van der Waals surface area contributed by atoms with Gasteiger partial charge in [-0.05, 0) is 24.6 Å². The van der Waals surface area contributed by atoms with Crippen LogP contribution in [0.3, 0.4) is 0 Å². The van der Waals surface area contributed by atoms with Gasteiger partial charge in [0.15, 0.2) is 0 Å². The summed E-state index contributed by atoms with van der Waals surface area (Å²) >= 11 is 0. The number of sulfonamides is 1. The number of carbonyl (C=O) groups excluding carboxylic acids is 1. The van der Waals surface area contributed by atoms with Crippen LogP contribution in [0.1, 0.15) is 16.8 Å². The summed E-state index contributed by atoms with van der Waals surface area (Å²) in [6.45, 7) is 0.204. The van der Waals surface area contributed by atoms with Crippen LogP contribution in [0.4, 0.5) is 0 Å². The van der Waals surface area contributed by atoms with Gasteiger partial charge in [-0.15, -0.1) is 0 Å². The molecule has 0 unspecified atom stereocenters. The Hall–Kier alpha value is -1.80. The van der Waals surface area contributed by atoms with Crippen LogP contribution in [0.5, 0.6) is 11.5 Å². The number of hydrogen-bond acceptors (Lipinski definition) is 5. The number of primary sulfonamides is 1. The molecular weight excluding hydrogens is 284 g/mol. The first-order valence-corrected chi connectivity index (χ1v) is 7.59. The largest absolute Gasteiger partial charge is 0.497 e. The van der Waals surface area contributed by atoms with E-state index in [0.717, 1.165) is 0 Å². The molecule has 3 N–H and O–H groups in total. The van der Waals surface area contributed by atoms with Crippen LogP contribution in [-0.4, -0.2) is 40.8 Å². The summed E-state index contributed by atoms with van der Waals surface area (Å²) < 4.78 is 31.7. The van der Waals surface area contributed by atoms with Gasteiger partial charge in [-0.25, -0.2) is 13.6 Å². The first-order chi connectivity index (χ1) is 9.37. The van der Waals surface area contributed by atoms with Gasteiger partial charge in [-0.2, -0.15) is 0 Å². The summed E-state index contributed by atoms with van der Waals surface area (Å²) in [6, 6.07) is 4.85. The number of amides is 1. The van der Waals surface area contributed by atoms with Gasteiger partial charge in [-0.3, -0.25) is 4.79 Å². The van der Waals surface area contributed by atoms with Crippen molar-refractivity contribution in [1.29, 1.82) is 0 Å². The SMILES string of the molecule is COc1ccc(OC)c(C(=O)NCCCS(N)(=O)=O)c1. The van der Waals surface area contributed by atoms with Crippen molar-refractivity contribution in [1.82, 2.24) is 5.32 Å². The molecule has 0 atom stereocenters. The maximum atomic E-state index is 12.0. The van der Waals surface area contributed by atoms with E-state index < -0.39 is 10.0 Å². The lowest BCUT2D eigenvalue weighted by molar-refractivity contribution is 0.0950. The molecule has 0 saturated heterocycles. The predicted octanol–water partition coefficient (Wildman–Crippen LogP) is 0.112. The quantitative estimate of drug-likeness (QED) is 0.695. The molecule has 1 aromatic rings. The number of hydrogen-bond donors (Lipinski definition) is 2. The van der Waals surface area contributed by atoms with Gasteiger partial charge >= 0.3 is 0 Å². The predicted molar refractivity (Wildman–Crippen MR) is 74.5 cm³/mol. The number of ether oxygens (including phenoxy) is 2. The van der Waals surface area contributed by atoms with Crippen molar-refractivity contribution in [3.8, 4) is 11.5 Å². The Kier molecular flexibility index (Phi) is 5.78. The number of rotatable bonds is 7. The van der Waals surface area contributed by atoms with Crippen molar-refractivity contribution in [2.24, 2.45) is 5.14 Å². The monoisotopic (exact) mass is 302 g/mol. The van der Waals surface area contributed by atoms with E-state index in [2.05, 4.69) is 5.32 Å². The van der Waals surface area contributed by atoms with Crippen molar-refractivity contribution >= 4 is 15.9 Å². The third-order valence-electron chi connectivity index (χ3n) is 2.54. The molecule has 0 aliphatic rings. The first kappa shape index (κ1) is 16.3. The van der Waals surface area contributed by atoms with Gasteiger partial charge in [0.2, 0.25) is 10.0 Å². The fraction of sp³-hybridized carbons (Fsp3) is 0.417. The molecular formula is C12H18N2O5S. The summed E-state index contributed by atoms with van der Waals surface area (Å²) in [5, 5.41) is 7.47. The van der Waals surface area contributed by atoms with Gasteiger partial charge in [-0.1, -0.05) is 0 Å². The number of carbonyl (C=O) groups is 1. The molecule has 0 fully saturated rings. The van der Waals surface area contributed by atoms with Crippen LogP contribution in [0.2, 0.25) is 0 Å². The zero-order valence-corrected chi connectivity index (χ0v) is 12.2. The Morgan fingerprint density at radius 3 is 2.55 bits per heavy atom. The van der Waals surface area contributed by atoms with E-state index in [-0.39, 0.29) is 24.6 Å². The van der Waals surface area contributed by atoms with Gasteiger partial charge in [0, 0.05) is 6.54 Å². The normalized spacial score (nSPS) is 10.9. The Morgan fingerprint density at radius 2 is 2.00 bits per heavy atom. The lowest BCUT2D eigenvalue weighted by Gasteiger charge is -2.10. The summed E-state index contributed by atoms with van der Waals surface area (Å²) in [4.78, 5) is 12.0. The molecule has 0 spiro atoms. The molecule has 0 heterocycles. The van der Waals surface area contributed by atoms with E-state index in [1.807, 2.05) is 0 Å². The summed E-state index contributed by atoms with van der Waals surface area (Å²) in [5.41, 5.74) is 0.322. The molecule has 0 aliphatic heterocycles. The third kappa shape index (κ3) is 5.06. The van der Waals surface area contributed by atoms with E-state index in [4.69, 9.17) is 14.6 Å². The molecule has 20 heavy (non-hydrogen) atoms. The van der Waals surface area contributed by atoms with Gasteiger partial charge in [0.1, 0.15) is 11.5 Å². The second-order valence-corrected chi connectivity index (χ2v) is 5.78. The maximum absolute atomic E-state index is 12.0. The highest BCUT2D eigenvalue weighted by Gasteiger charge is 2.13. The Morgan fingerprint density at radius 1 is 1.30 bits per heavy atom. The van der Waals surface area contributed by atoms with Gasteiger partial charge < -0.3 is 14.8 Å². The second-order valence-electron chi connectivity index (χ2n) is 4.04. The molecule has 112 valence electrons. The summed E-state index contributed by atoms with van der Waals surface area (Å²) in [5.74, 6) is 0.396. The summed E-state index contributed by atoms with van der Waals surface area (Å²) in [7, 11) is -0.553. The minimum atomic E-state index is -3.51. The van der Waals surface area contributed by atoms with Crippen LogP contribution in [-0.2, 0) is 10.0 Å². The molecule has 8 heteroatoms. The van der Waals surface area contributed by atoms with Crippen molar-refractivity contribution in [3.63, 3.8) is 0 Å². The number of nitrogens with one attached hydrogen (secondary N) is 1. The number of nitrogens with two attached hydrogens (primary N) is 1. The molecule has 0 aliphatic carbocycles. The topological polar surface area (TPSA) is 108 Å². The highest BCUT2D eigenvalue weighted by atomic mass is 32.2. The third-order valence-corrected chi connectivity index (χ3v) is 3.40. The lowest BCUT2D eigenvalue weighted by atomic mass is 10.1. The Bertz CT molecular complexity index is 571. The van der Waals surface area contributed by atoms with Crippen molar-refractivity contribution in [2.45, 2.75) is 6.42 Å². The molecule has 1 amide bonds. The number of methoxy groups -OCH3 is 2. The first-order valence-electron chi connectivity index (χ1n) is 5.88. The Balaban J connectivity index is 2.67. The average molecular weight is 302 g/mol. The van der Waals surface area contributed by atoms with Crippen molar-refractivity contribution < 1.29 is 22.7 Å². The van der Waals surface area contributed by atoms with Crippen LogP contribution in [0.25, 0.3) is 0 Å². The smallest absolute Gasteiger partial charge is 0.255 e. The lowest BCUT2D eigenvalue weighted by Crippen LogP contribution is -2.27. The van der Waals surface area contributed by atoms with Crippen molar-refractivity contribution in [2.75, 3.05) is 26.5 Å². The zero-order chi connectivity index (χ0) is 15.2. The second kappa shape index (κ2) is 7.11. The van der Waals surface area contributed by atoms with Crippen LogP contribution < -0.4 is 19.9 Å². The van der Waals surface area contributed by atoms with Gasteiger partial charge in [0.05, 0.1) is 25.5 Å². The van der Waals surface area contributed by atoms with Crippen molar-refractivity contribution in [3.05, 3.63) is 23.8 Å². The molecule has 0 radical (unpaired) electrons. The Labute approximate surface area is 118 Å². The highest BCUT2D eigenvalue weighted by Crippen LogP contribution is 2.23. The molecule has 0 bridgehead atoms. The van der Waals surface area contributed by atoms with E-state index >= 15 is 0 Å². The maximum Gasteiger partial charge on any atom is 0.255 e. The molecule has 7 nitrogen and oxygen atoms in total. The molecule has 0 aromatic heterocycles.